The molecule has 0 unspecified atom stereocenters. The minimum atomic E-state index is 0.0572. The summed E-state index contributed by atoms with van der Waals surface area (Å²) in [5.74, 6) is 0.806. The molecule has 0 aliphatic heterocycles. The van der Waals surface area contributed by atoms with Gasteiger partial charge in [-0.05, 0) is 36.2 Å². The van der Waals surface area contributed by atoms with Gasteiger partial charge in [-0.3, -0.25) is 0 Å². The van der Waals surface area contributed by atoms with E-state index < -0.39 is 0 Å². The molecule has 21 heavy (non-hydrogen) atoms. The Bertz CT molecular complexity index is 779. The molecule has 1 heterocycles. The summed E-state index contributed by atoms with van der Waals surface area (Å²) in [5, 5.41) is 10.2. The molecule has 106 valence electrons. The highest BCUT2D eigenvalue weighted by molar-refractivity contribution is 5.84. The van der Waals surface area contributed by atoms with Crippen LogP contribution in [0.25, 0.3) is 22.2 Å². The quantitative estimate of drug-likeness (QED) is 0.794. The first kappa shape index (κ1) is 13.6. The number of rotatable bonds is 3. The van der Waals surface area contributed by atoms with Crippen molar-refractivity contribution in [2.45, 2.75) is 13.5 Å². The highest BCUT2D eigenvalue weighted by Crippen LogP contribution is 2.27. The van der Waals surface area contributed by atoms with Crippen molar-refractivity contribution >= 4 is 10.9 Å². The fraction of sp³-hybridized carbons (Fsp3) is 0.167. The van der Waals surface area contributed by atoms with E-state index in [9.17, 15) is 0 Å². The van der Waals surface area contributed by atoms with Crippen LogP contribution in [0.5, 0.6) is 5.75 Å². The maximum absolute atomic E-state index is 9.12. The Labute approximate surface area is 123 Å². The zero-order valence-electron chi connectivity index (χ0n) is 12.1. The van der Waals surface area contributed by atoms with E-state index in [2.05, 4.69) is 13.0 Å². The lowest BCUT2D eigenvalue weighted by Gasteiger charge is -2.09. The number of aromatic nitrogens is 1. The van der Waals surface area contributed by atoms with Gasteiger partial charge in [0.05, 0.1) is 24.9 Å². The molecule has 3 aromatic rings. The van der Waals surface area contributed by atoms with Crippen LogP contribution in [0.1, 0.15) is 11.1 Å². The number of aryl methyl sites for hydroxylation is 1. The van der Waals surface area contributed by atoms with Gasteiger partial charge in [0.1, 0.15) is 5.75 Å². The highest BCUT2D eigenvalue weighted by Gasteiger charge is 2.07. The first-order valence-electron chi connectivity index (χ1n) is 6.87. The van der Waals surface area contributed by atoms with Crippen molar-refractivity contribution in [2.75, 3.05) is 7.11 Å². The molecule has 0 amide bonds. The summed E-state index contributed by atoms with van der Waals surface area (Å²) in [4.78, 5) is 4.77. The van der Waals surface area contributed by atoms with Crippen molar-refractivity contribution in [2.24, 2.45) is 0 Å². The number of aliphatic hydroxyl groups excluding tert-OH is 1. The fourth-order valence-electron chi connectivity index (χ4n) is 2.44. The average molecular weight is 279 g/mol. The number of hydrogen-bond donors (Lipinski definition) is 1. The van der Waals surface area contributed by atoms with E-state index in [0.29, 0.717) is 0 Å². The summed E-state index contributed by atoms with van der Waals surface area (Å²) in [5.41, 5.74) is 4.96. The van der Waals surface area contributed by atoms with Crippen molar-refractivity contribution in [1.29, 1.82) is 0 Å². The van der Waals surface area contributed by atoms with Crippen LogP contribution in [0.2, 0.25) is 0 Å². The van der Waals surface area contributed by atoms with E-state index in [1.54, 1.807) is 7.11 Å². The number of methoxy groups -OCH3 is 1. The molecule has 0 saturated heterocycles. The molecule has 0 atom stereocenters. The summed E-state index contributed by atoms with van der Waals surface area (Å²) in [6.45, 7) is 2.12. The van der Waals surface area contributed by atoms with E-state index in [1.165, 1.54) is 0 Å². The van der Waals surface area contributed by atoms with Crippen LogP contribution in [-0.4, -0.2) is 17.2 Å². The third kappa shape index (κ3) is 2.60. The number of hydrogen-bond acceptors (Lipinski definition) is 3. The third-order valence-electron chi connectivity index (χ3n) is 3.63. The lowest BCUT2D eigenvalue weighted by Crippen LogP contribution is -1.92. The number of aliphatic hydroxyl groups is 1. The van der Waals surface area contributed by atoms with Gasteiger partial charge in [0.25, 0.3) is 0 Å². The van der Waals surface area contributed by atoms with Crippen LogP contribution in [0.4, 0.5) is 0 Å². The van der Waals surface area contributed by atoms with Crippen molar-refractivity contribution in [3.8, 4) is 17.0 Å². The van der Waals surface area contributed by atoms with Gasteiger partial charge in [-0.2, -0.15) is 0 Å². The van der Waals surface area contributed by atoms with Crippen LogP contribution in [-0.2, 0) is 6.61 Å². The molecule has 3 nitrogen and oxygen atoms in total. The summed E-state index contributed by atoms with van der Waals surface area (Å²) in [7, 11) is 1.66. The molecular weight excluding hydrogens is 262 g/mol. The Morgan fingerprint density at radius 1 is 1.05 bits per heavy atom. The number of ether oxygens (including phenoxy) is 1. The highest BCUT2D eigenvalue weighted by atomic mass is 16.5. The van der Waals surface area contributed by atoms with Gasteiger partial charge in [-0.1, -0.05) is 24.3 Å². The summed E-state index contributed by atoms with van der Waals surface area (Å²) < 4.78 is 5.26. The van der Waals surface area contributed by atoms with Crippen molar-refractivity contribution in [3.05, 3.63) is 59.7 Å². The first-order valence-corrected chi connectivity index (χ1v) is 6.87. The SMILES string of the molecule is COc1ccc2cc(C)c(-c3ccc(CO)cc3)nc2c1. The molecule has 1 aromatic heterocycles. The molecule has 0 radical (unpaired) electrons. The molecule has 0 aliphatic rings. The zero-order chi connectivity index (χ0) is 14.8. The topological polar surface area (TPSA) is 42.4 Å². The van der Waals surface area contributed by atoms with E-state index in [0.717, 1.165) is 39.0 Å². The van der Waals surface area contributed by atoms with Gasteiger partial charge in [-0.15, -0.1) is 0 Å². The minimum Gasteiger partial charge on any atom is -0.497 e. The molecular formula is C18H17NO2. The van der Waals surface area contributed by atoms with Gasteiger partial charge < -0.3 is 9.84 Å². The number of nitrogens with zero attached hydrogens (tertiary/aromatic N) is 1. The van der Waals surface area contributed by atoms with Crippen LogP contribution >= 0.6 is 0 Å². The number of benzene rings is 2. The minimum absolute atomic E-state index is 0.0572. The molecule has 2 aromatic carbocycles. The Morgan fingerprint density at radius 3 is 2.48 bits per heavy atom. The average Bonchev–Trinajstić information content (AvgIpc) is 2.54. The lowest BCUT2D eigenvalue weighted by molar-refractivity contribution is 0.282. The maximum atomic E-state index is 9.12. The van der Waals surface area contributed by atoms with Gasteiger partial charge in [0.2, 0.25) is 0 Å². The maximum Gasteiger partial charge on any atom is 0.121 e. The second-order valence-corrected chi connectivity index (χ2v) is 5.07. The van der Waals surface area contributed by atoms with Crippen LogP contribution in [0, 0.1) is 6.92 Å². The van der Waals surface area contributed by atoms with E-state index >= 15 is 0 Å². The van der Waals surface area contributed by atoms with Gasteiger partial charge >= 0.3 is 0 Å². The molecule has 0 spiro atoms. The monoisotopic (exact) mass is 279 g/mol. The van der Waals surface area contributed by atoms with Crippen LogP contribution in [0.3, 0.4) is 0 Å². The molecule has 0 saturated carbocycles. The van der Waals surface area contributed by atoms with Gasteiger partial charge in [0.15, 0.2) is 0 Å². The molecule has 3 rings (SSSR count). The van der Waals surface area contributed by atoms with Gasteiger partial charge in [0, 0.05) is 17.0 Å². The van der Waals surface area contributed by atoms with E-state index in [4.69, 9.17) is 14.8 Å². The van der Waals surface area contributed by atoms with Gasteiger partial charge in [-0.25, -0.2) is 4.98 Å². The predicted molar refractivity (Wildman–Crippen MR) is 84.4 cm³/mol. The van der Waals surface area contributed by atoms with Crippen LogP contribution in [0.15, 0.2) is 48.5 Å². The van der Waals surface area contributed by atoms with Crippen molar-refractivity contribution in [3.63, 3.8) is 0 Å². The number of fused-ring (bicyclic) bond motifs is 1. The molecule has 0 fully saturated rings. The zero-order valence-corrected chi connectivity index (χ0v) is 12.1. The van der Waals surface area contributed by atoms with Crippen LogP contribution < -0.4 is 4.74 Å². The predicted octanol–water partition coefficient (Wildman–Crippen LogP) is 3.71. The second-order valence-electron chi connectivity index (χ2n) is 5.07. The second kappa shape index (κ2) is 5.54. The largest absolute Gasteiger partial charge is 0.497 e. The smallest absolute Gasteiger partial charge is 0.121 e. The summed E-state index contributed by atoms with van der Waals surface area (Å²) >= 11 is 0. The van der Waals surface area contributed by atoms with E-state index in [1.807, 2.05) is 42.5 Å². The molecule has 3 heteroatoms. The molecule has 0 bridgehead atoms. The lowest BCUT2D eigenvalue weighted by atomic mass is 10.0. The Kier molecular flexibility index (Phi) is 3.59. The Hall–Kier alpha value is -2.39. The van der Waals surface area contributed by atoms with Crippen molar-refractivity contribution < 1.29 is 9.84 Å². The first-order chi connectivity index (χ1) is 10.2. The number of pyridine rings is 1. The van der Waals surface area contributed by atoms with E-state index in [-0.39, 0.29) is 6.61 Å². The third-order valence-corrected chi connectivity index (χ3v) is 3.63. The Balaban J connectivity index is 2.13. The summed E-state index contributed by atoms with van der Waals surface area (Å²) in [6, 6.07) is 15.9. The standard InChI is InChI=1S/C18H17NO2/c1-12-9-15-7-8-16(21-2)10-17(15)19-18(12)14-5-3-13(11-20)4-6-14/h3-10,20H,11H2,1-2H3. The van der Waals surface area contributed by atoms with Crippen molar-refractivity contribution in [1.82, 2.24) is 4.98 Å². The summed E-state index contributed by atoms with van der Waals surface area (Å²) in [6.07, 6.45) is 0. The Morgan fingerprint density at radius 2 is 1.81 bits per heavy atom. The fourth-order valence-corrected chi connectivity index (χ4v) is 2.44. The molecule has 1 N–H and O–H groups in total. The molecule has 0 aliphatic carbocycles. The normalized spacial score (nSPS) is 10.8.